The molecule has 0 fully saturated rings. The van der Waals surface area contributed by atoms with Gasteiger partial charge in [-0.15, -0.1) is 0 Å². The van der Waals surface area contributed by atoms with Gasteiger partial charge in [-0.25, -0.2) is 9.18 Å². The summed E-state index contributed by atoms with van der Waals surface area (Å²) >= 11 is 6.08. The Morgan fingerprint density at radius 2 is 2.13 bits per heavy atom. The number of aromatic nitrogens is 1. The number of ether oxygens (including phenoxy) is 1. The summed E-state index contributed by atoms with van der Waals surface area (Å²) in [4.78, 5) is 12.0. The lowest BCUT2D eigenvalue weighted by Crippen LogP contribution is -2.08. The average molecular weight is 335 g/mol. The Hall–Kier alpha value is -2.60. The highest BCUT2D eigenvalue weighted by Gasteiger charge is 2.23. The zero-order chi connectivity index (χ0) is 16.6. The van der Waals surface area contributed by atoms with Gasteiger partial charge in [-0.3, -0.25) is 0 Å². The quantitative estimate of drug-likeness (QED) is 0.716. The highest BCUT2D eigenvalue weighted by atomic mass is 35.5. The third kappa shape index (κ3) is 2.61. The number of esters is 1. The first kappa shape index (κ1) is 15.3. The van der Waals surface area contributed by atoms with Gasteiger partial charge < -0.3 is 14.6 Å². The number of carbonyl (C=O) groups excluding carboxylic acids is 1. The van der Waals surface area contributed by atoms with E-state index in [1.807, 2.05) is 0 Å². The van der Waals surface area contributed by atoms with Crippen LogP contribution in [0.25, 0.3) is 11.0 Å². The Balaban J connectivity index is 2.23. The Bertz CT molecular complexity index is 908. The summed E-state index contributed by atoms with van der Waals surface area (Å²) in [6.45, 7) is 1.66. The second-order valence-corrected chi connectivity index (χ2v) is 5.26. The van der Waals surface area contributed by atoms with E-state index in [-0.39, 0.29) is 16.8 Å². The largest absolute Gasteiger partial charge is 0.465 e. The van der Waals surface area contributed by atoms with Gasteiger partial charge in [0, 0.05) is 5.39 Å². The predicted octanol–water partition coefficient (Wildman–Crippen LogP) is 4.46. The van der Waals surface area contributed by atoms with Crippen LogP contribution in [0.4, 0.5) is 15.8 Å². The molecule has 118 valence electrons. The van der Waals surface area contributed by atoms with Gasteiger partial charge in [-0.2, -0.15) is 0 Å². The summed E-state index contributed by atoms with van der Waals surface area (Å²) < 4.78 is 24.6. The maximum Gasteiger partial charge on any atom is 0.340 e. The molecule has 3 aromatic rings. The smallest absolute Gasteiger partial charge is 0.340 e. The lowest BCUT2D eigenvalue weighted by atomic mass is 10.1. The van der Waals surface area contributed by atoms with Crippen LogP contribution < -0.4 is 5.32 Å². The minimum atomic E-state index is -0.733. The molecule has 0 aliphatic carbocycles. The Morgan fingerprint density at radius 1 is 1.39 bits per heavy atom. The number of methoxy groups -OCH3 is 1. The highest BCUT2D eigenvalue weighted by molar-refractivity contribution is 6.33. The number of aryl methyl sites for hydroxylation is 1. The van der Waals surface area contributed by atoms with Gasteiger partial charge in [-0.05, 0) is 25.1 Å². The fourth-order valence-corrected chi connectivity index (χ4v) is 2.43. The van der Waals surface area contributed by atoms with Crippen LogP contribution in [0.3, 0.4) is 0 Å². The molecular formula is C16H12ClFN2O3. The molecule has 0 saturated heterocycles. The maximum atomic E-state index is 14.8. The second kappa shape index (κ2) is 5.89. The molecule has 0 atom stereocenters. The summed E-state index contributed by atoms with van der Waals surface area (Å²) in [7, 11) is 1.23. The molecule has 1 N–H and O–H groups in total. The lowest BCUT2D eigenvalue weighted by Gasteiger charge is -2.13. The van der Waals surface area contributed by atoms with E-state index < -0.39 is 11.8 Å². The monoisotopic (exact) mass is 334 g/mol. The number of rotatable bonds is 3. The number of para-hydroxylation sites is 1. The van der Waals surface area contributed by atoms with Crippen LogP contribution in [0.1, 0.15) is 16.1 Å². The van der Waals surface area contributed by atoms with E-state index in [9.17, 15) is 9.18 Å². The molecule has 0 unspecified atom stereocenters. The number of nitrogens with zero attached hydrogens (tertiary/aromatic N) is 1. The number of benzene rings is 2. The minimum Gasteiger partial charge on any atom is -0.465 e. The van der Waals surface area contributed by atoms with Crippen LogP contribution in [-0.2, 0) is 4.74 Å². The number of hydrogen-bond acceptors (Lipinski definition) is 5. The molecule has 0 bridgehead atoms. The third-order valence-electron chi connectivity index (χ3n) is 3.42. The Kier molecular flexibility index (Phi) is 3.92. The molecular weight excluding hydrogens is 323 g/mol. The number of nitrogens with one attached hydrogen (secondary N) is 1. The van der Waals surface area contributed by atoms with Gasteiger partial charge in [0.1, 0.15) is 0 Å². The van der Waals surface area contributed by atoms with Crippen LogP contribution in [-0.4, -0.2) is 18.2 Å². The fourth-order valence-electron chi connectivity index (χ4n) is 2.24. The van der Waals surface area contributed by atoms with E-state index in [4.69, 9.17) is 20.9 Å². The van der Waals surface area contributed by atoms with Crippen LogP contribution in [0.5, 0.6) is 0 Å². The molecule has 3 rings (SSSR count). The second-order valence-electron chi connectivity index (χ2n) is 4.85. The van der Waals surface area contributed by atoms with E-state index in [0.717, 1.165) is 0 Å². The van der Waals surface area contributed by atoms with Crippen molar-refractivity contribution in [3.8, 4) is 0 Å². The van der Waals surface area contributed by atoms with E-state index in [0.29, 0.717) is 21.8 Å². The molecule has 0 radical (unpaired) electrons. The molecule has 2 aromatic carbocycles. The van der Waals surface area contributed by atoms with Gasteiger partial charge in [-0.1, -0.05) is 28.9 Å². The van der Waals surface area contributed by atoms with Gasteiger partial charge in [0.25, 0.3) is 0 Å². The zero-order valence-electron chi connectivity index (χ0n) is 12.3. The van der Waals surface area contributed by atoms with Crippen LogP contribution in [0, 0.1) is 12.7 Å². The van der Waals surface area contributed by atoms with E-state index in [1.165, 1.54) is 13.2 Å². The standard InChI is InChI=1S/C16H12ClFN2O3/c1-8-9-7-10(16(21)22-2)14(13(18)15(9)23-20-8)19-12-6-4-3-5-11(12)17/h3-7,19H,1-2H3. The van der Waals surface area contributed by atoms with Crippen LogP contribution >= 0.6 is 11.6 Å². The van der Waals surface area contributed by atoms with Crippen molar-refractivity contribution in [1.29, 1.82) is 0 Å². The third-order valence-corrected chi connectivity index (χ3v) is 3.75. The average Bonchev–Trinajstić information content (AvgIpc) is 2.92. The molecule has 1 heterocycles. The van der Waals surface area contributed by atoms with Crippen molar-refractivity contribution in [3.63, 3.8) is 0 Å². The van der Waals surface area contributed by atoms with Gasteiger partial charge in [0.15, 0.2) is 5.82 Å². The maximum absolute atomic E-state index is 14.8. The molecule has 1 aromatic heterocycles. The van der Waals surface area contributed by atoms with Crippen LogP contribution in [0.2, 0.25) is 5.02 Å². The normalized spacial score (nSPS) is 10.8. The number of hydrogen-bond donors (Lipinski definition) is 1. The van der Waals surface area contributed by atoms with E-state index in [2.05, 4.69) is 10.5 Å². The number of halogens is 2. The first-order valence-corrected chi connectivity index (χ1v) is 7.09. The molecule has 0 amide bonds. The molecule has 0 aliphatic heterocycles. The van der Waals surface area contributed by atoms with Crippen molar-refractivity contribution in [2.24, 2.45) is 0 Å². The molecule has 0 aliphatic rings. The summed E-state index contributed by atoms with van der Waals surface area (Å²) in [6.07, 6.45) is 0. The van der Waals surface area contributed by atoms with E-state index in [1.54, 1.807) is 31.2 Å². The summed E-state index contributed by atoms with van der Waals surface area (Å²) in [5.74, 6) is -1.41. The molecule has 23 heavy (non-hydrogen) atoms. The van der Waals surface area contributed by atoms with Gasteiger partial charge in [0.2, 0.25) is 5.58 Å². The summed E-state index contributed by atoms with van der Waals surface area (Å²) in [5, 5.41) is 7.35. The summed E-state index contributed by atoms with van der Waals surface area (Å²) in [6, 6.07) is 8.28. The van der Waals surface area contributed by atoms with Gasteiger partial charge in [0.05, 0.1) is 34.8 Å². The number of carbonyl (C=O) groups is 1. The van der Waals surface area contributed by atoms with Gasteiger partial charge >= 0.3 is 5.97 Å². The minimum absolute atomic E-state index is 0.0312. The summed E-state index contributed by atoms with van der Waals surface area (Å²) in [5.41, 5.74) is 0.851. The SMILES string of the molecule is COC(=O)c1cc2c(C)noc2c(F)c1Nc1ccccc1Cl. The Labute approximate surface area is 136 Å². The van der Waals surface area contributed by atoms with Crippen molar-refractivity contribution in [2.45, 2.75) is 6.92 Å². The zero-order valence-corrected chi connectivity index (χ0v) is 13.1. The molecule has 0 saturated carbocycles. The van der Waals surface area contributed by atoms with Crippen molar-refractivity contribution < 1.29 is 18.4 Å². The molecule has 7 heteroatoms. The highest BCUT2D eigenvalue weighted by Crippen LogP contribution is 2.34. The first-order valence-electron chi connectivity index (χ1n) is 6.71. The Morgan fingerprint density at radius 3 is 2.83 bits per heavy atom. The van der Waals surface area contributed by atoms with Crippen molar-refractivity contribution >= 4 is 39.9 Å². The predicted molar refractivity (Wildman–Crippen MR) is 84.8 cm³/mol. The molecule has 0 spiro atoms. The first-order chi connectivity index (χ1) is 11.0. The topological polar surface area (TPSA) is 64.4 Å². The van der Waals surface area contributed by atoms with E-state index >= 15 is 0 Å². The number of anilines is 2. The lowest BCUT2D eigenvalue weighted by molar-refractivity contribution is 0.0601. The van der Waals surface area contributed by atoms with Crippen molar-refractivity contribution in [2.75, 3.05) is 12.4 Å². The number of fused-ring (bicyclic) bond motifs is 1. The van der Waals surface area contributed by atoms with Crippen molar-refractivity contribution in [3.05, 3.63) is 52.4 Å². The fraction of sp³-hybridized carbons (Fsp3) is 0.125. The van der Waals surface area contributed by atoms with Crippen LogP contribution in [0.15, 0.2) is 34.9 Å². The van der Waals surface area contributed by atoms with Crippen molar-refractivity contribution in [1.82, 2.24) is 5.16 Å². The molecule has 5 nitrogen and oxygen atoms in total.